The van der Waals surface area contributed by atoms with E-state index in [2.05, 4.69) is 34.1 Å². The molecule has 0 heterocycles. The fourth-order valence-electron chi connectivity index (χ4n) is 3.33. The molecule has 3 aromatic carbocycles. The second-order valence-corrected chi connectivity index (χ2v) is 7.04. The fourth-order valence-corrected chi connectivity index (χ4v) is 3.84. The number of hydrogen-bond acceptors (Lipinski definition) is 4. The number of rotatable bonds is 7. The van der Waals surface area contributed by atoms with Gasteiger partial charge in [0.25, 0.3) is 0 Å². The van der Waals surface area contributed by atoms with E-state index >= 15 is 0 Å². The van der Waals surface area contributed by atoms with Crippen LogP contribution in [-0.2, 0) is 0 Å². The zero-order valence-electron chi connectivity index (χ0n) is 16.4. The third-order valence-electron chi connectivity index (χ3n) is 4.70. The van der Waals surface area contributed by atoms with Crippen molar-refractivity contribution in [1.29, 1.82) is 0 Å². The van der Waals surface area contributed by atoms with Gasteiger partial charge in [0, 0.05) is 10.4 Å². The van der Waals surface area contributed by atoms with Crippen LogP contribution in [0.15, 0.2) is 65.1 Å². The second kappa shape index (κ2) is 9.02. The Morgan fingerprint density at radius 2 is 1.07 bits per heavy atom. The summed E-state index contributed by atoms with van der Waals surface area (Å²) in [6.07, 6.45) is 0. The molecule has 0 fully saturated rings. The van der Waals surface area contributed by atoms with Crippen molar-refractivity contribution in [2.45, 2.75) is 5.92 Å². The van der Waals surface area contributed by atoms with Crippen LogP contribution < -0.4 is 18.9 Å². The molecule has 0 aromatic heterocycles. The summed E-state index contributed by atoms with van der Waals surface area (Å²) in [5, 5.41) is 0. The summed E-state index contributed by atoms with van der Waals surface area (Å²) in [5.74, 6) is 2.75. The summed E-state index contributed by atoms with van der Waals surface area (Å²) in [6.45, 7) is 0. The molecule has 146 valence electrons. The Hall–Kier alpha value is -2.66. The molecule has 5 heteroatoms. The lowest BCUT2D eigenvalue weighted by molar-refractivity contribution is 0.354. The van der Waals surface area contributed by atoms with E-state index in [0.29, 0.717) is 23.0 Å². The molecule has 0 aliphatic heterocycles. The number of hydrogen-bond donors (Lipinski definition) is 0. The predicted molar refractivity (Wildman–Crippen MR) is 114 cm³/mol. The van der Waals surface area contributed by atoms with Crippen LogP contribution in [-0.4, -0.2) is 28.4 Å². The Morgan fingerprint density at radius 3 is 1.50 bits per heavy atom. The first-order valence-corrected chi connectivity index (χ1v) is 9.60. The highest BCUT2D eigenvalue weighted by Crippen LogP contribution is 2.41. The van der Waals surface area contributed by atoms with Crippen molar-refractivity contribution < 1.29 is 18.9 Å². The highest BCUT2D eigenvalue weighted by Gasteiger charge is 2.22. The summed E-state index contributed by atoms with van der Waals surface area (Å²) in [6, 6.07) is 20.2. The van der Waals surface area contributed by atoms with Crippen molar-refractivity contribution in [3.8, 4) is 23.0 Å². The fraction of sp³-hybridized carbons (Fsp3) is 0.217. The van der Waals surface area contributed by atoms with E-state index in [1.54, 1.807) is 28.4 Å². The van der Waals surface area contributed by atoms with Gasteiger partial charge in [0.1, 0.15) is 0 Å². The molecule has 3 aromatic rings. The van der Waals surface area contributed by atoms with E-state index in [0.717, 1.165) is 21.2 Å². The van der Waals surface area contributed by atoms with Gasteiger partial charge in [-0.2, -0.15) is 0 Å². The summed E-state index contributed by atoms with van der Waals surface area (Å²) in [7, 11) is 6.56. The van der Waals surface area contributed by atoms with Gasteiger partial charge in [-0.3, -0.25) is 0 Å². The molecule has 0 N–H and O–H groups in total. The average molecular weight is 443 g/mol. The van der Waals surface area contributed by atoms with Crippen LogP contribution in [0.2, 0.25) is 0 Å². The molecule has 4 nitrogen and oxygen atoms in total. The Balaban J connectivity index is 2.21. The van der Waals surface area contributed by atoms with Gasteiger partial charge in [-0.25, -0.2) is 0 Å². The molecule has 0 saturated carbocycles. The maximum Gasteiger partial charge on any atom is 0.161 e. The molecule has 0 radical (unpaired) electrons. The lowest BCUT2D eigenvalue weighted by Gasteiger charge is -2.22. The van der Waals surface area contributed by atoms with Gasteiger partial charge in [0.05, 0.1) is 28.4 Å². The smallest absolute Gasteiger partial charge is 0.161 e. The molecule has 0 aliphatic rings. The normalized spacial score (nSPS) is 10.6. The van der Waals surface area contributed by atoms with Crippen LogP contribution in [0.25, 0.3) is 0 Å². The molecular weight excluding hydrogens is 420 g/mol. The number of benzene rings is 3. The molecule has 3 rings (SSSR count). The molecule has 0 bridgehead atoms. The zero-order chi connectivity index (χ0) is 20.1. The number of methoxy groups -OCH3 is 4. The molecule has 0 unspecified atom stereocenters. The van der Waals surface area contributed by atoms with Gasteiger partial charge in [-0.05, 0) is 47.0 Å². The van der Waals surface area contributed by atoms with E-state index in [4.69, 9.17) is 18.9 Å². The highest BCUT2D eigenvalue weighted by molar-refractivity contribution is 9.10. The molecule has 0 aliphatic carbocycles. The van der Waals surface area contributed by atoms with Crippen LogP contribution in [0.4, 0.5) is 0 Å². The standard InChI is InChI=1S/C23H23BrO4/c1-25-19-11-9-15(13-21(19)27-3)23(17-7-5-6-8-18(17)24)16-10-12-20(26-2)22(14-16)28-4/h5-14,23H,1-4H3. The summed E-state index contributed by atoms with van der Waals surface area (Å²) in [4.78, 5) is 0. The van der Waals surface area contributed by atoms with Crippen LogP contribution in [0.1, 0.15) is 22.6 Å². The first-order chi connectivity index (χ1) is 13.6. The first kappa shape index (κ1) is 20.1. The minimum atomic E-state index is -0.0322. The molecular formula is C23H23BrO4. The van der Waals surface area contributed by atoms with E-state index in [1.807, 2.05) is 42.5 Å². The topological polar surface area (TPSA) is 36.9 Å². The van der Waals surface area contributed by atoms with Gasteiger partial charge in [0.2, 0.25) is 0 Å². The van der Waals surface area contributed by atoms with Crippen LogP contribution in [0.5, 0.6) is 23.0 Å². The Kier molecular flexibility index (Phi) is 6.47. The molecule has 0 saturated heterocycles. The third-order valence-corrected chi connectivity index (χ3v) is 5.42. The van der Waals surface area contributed by atoms with Crippen molar-refractivity contribution >= 4 is 15.9 Å². The van der Waals surface area contributed by atoms with Gasteiger partial charge in [0.15, 0.2) is 23.0 Å². The van der Waals surface area contributed by atoms with Crippen molar-refractivity contribution in [3.05, 3.63) is 81.8 Å². The zero-order valence-corrected chi connectivity index (χ0v) is 17.9. The maximum absolute atomic E-state index is 5.53. The lowest BCUT2D eigenvalue weighted by atomic mass is 9.85. The maximum atomic E-state index is 5.53. The monoisotopic (exact) mass is 442 g/mol. The van der Waals surface area contributed by atoms with Crippen molar-refractivity contribution in [3.63, 3.8) is 0 Å². The Morgan fingerprint density at radius 1 is 0.607 bits per heavy atom. The van der Waals surface area contributed by atoms with Gasteiger partial charge in [-0.15, -0.1) is 0 Å². The summed E-state index contributed by atoms with van der Waals surface area (Å²) in [5.41, 5.74) is 3.30. The average Bonchev–Trinajstić information content (AvgIpc) is 2.74. The Labute approximate surface area is 174 Å². The molecule has 0 atom stereocenters. The van der Waals surface area contributed by atoms with E-state index < -0.39 is 0 Å². The van der Waals surface area contributed by atoms with Gasteiger partial charge < -0.3 is 18.9 Å². The molecule has 28 heavy (non-hydrogen) atoms. The Bertz CT molecular complexity index is 900. The molecule has 0 spiro atoms. The number of ether oxygens (including phenoxy) is 4. The van der Waals surface area contributed by atoms with Crippen molar-refractivity contribution in [2.75, 3.05) is 28.4 Å². The minimum Gasteiger partial charge on any atom is -0.493 e. The van der Waals surface area contributed by atoms with Crippen molar-refractivity contribution in [2.24, 2.45) is 0 Å². The van der Waals surface area contributed by atoms with E-state index in [-0.39, 0.29) is 5.92 Å². The van der Waals surface area contributed by atoms with Gasteiger partial charge in [-0.1, -0.05) is 46.3 Å². The first-order valence-electron chi connectivity index (χ1n) is 8.81. The SMILES string of the molecule is COc1ccc(C(c2ccc(OC)c(OC)c2)c2ccccc2Br)cc1OC. The molecule has 0 amide bonds. The van der Waals surface area contributed by atoms with Crippen molar-refractivity contribution in [1.82, 2.24) is 0 Å². The van der Waals surface area contributed by atoms with Crippen LogP contribution >= 0.6 is 15.9 Å². The largest absolute Gasteiger partial charge is 0.493 e. The third kappa shape index (κ3) is 3.94. The summed E-state index contributed by atoms with van der Waals surface area (Å²) < 4.78 is 22.9. The quantitative estimate of drug-likeness (QED) is 0.442. The van der Waals surface area contributed by atoms with E-state index in [9.17, 15) is 0 Å². The summed E-state index contributed by atoms with van der Waals surface area (Å²) >= 11 is 3.71. The number of halogens is 1. The second-order valence-electron chi connectivity index (χ2n) is 6.18. The minimum absolute atomic E-state index is 0.0322. The van der Waals surface area contributed by atoms with Crippen LogP contribution in [0, 0.1) is 0 Å². The van der Waals surface area contributed by atoms with Crippen LogP contribution in [0.3, 0.4) is 0 Å². The predicted octanol–water partition coefficient (Wildman–Crippen LogP) is 5.66. The van der Waals surface area contributed by atoms with E-state index in [1.165, 1.54) is 0 Å². The highest BCUT2D eigenvalue weighted by atomic mass is 79.9. The lowest BCUT2D eigenvalue weighted by Crippen LogP contribution is -2.06. The van der Waals surface area contributed by atoms with Gasteiger partial charge >= 0.3 is 0 Å².